The van der Waals surface area contributed by atoms with Gasteiger partial charge in [0, 0.05) is 6.42 Å². The third kappa shape index (κ3) is 3.78. The molecular weight excluding hydrogens is 160 g/mol. The van der Waals surface area contributed by atoms with Gasteiger partial charge in [-0.1, -0.05) is 31.8 Å². The summed E-state index contributed by atoms with van der Waals surface area (Å²) in [6.45, 7) is 10.8. The first-order chi connectivity index (χ1) is 5.49. The van der Waals surface area contributed by atoms with Gasteiger partial charge in [-0.3, -0.25) is 0 Å². The van der Waals surface area contributed by atoms with Crippen molar-refractivity contribution in [2.45, 2.75) is 38.9 Å². The van der Waals surface area contributed by atoms with E-state index < -0.39 is 8.07 Å². The summed E-state index contributed by atoms with van der Waals surface area (Å²) in [4.78, 5) is 0. The Morgan fingerprint density at radius 3 is 2.50 bits per heavy atom. The predicted molar refractivity (Wildman–Crippen MR) is 57.6 cm³/mol. The molecule has 0 aromatic heterocycles. The molecule has 1 rings (SSSR count). The van der Waals surface area contributed by atoms with E-state index in [9.17, 15) is 0 Å². The molecule has 0 nitrogen and oxygen atoms in total. The highest BCUT2D eigenvalue weighted by Crippen LogP contribution is 2.39. The van der Waals surface area contributed by atoms with Crippen molar-refractivity contribution in [1.29, 1.82) is 0 Å². The van der Waals surface area contributed by atoms with Gasteiger partial charge in [-0.05, 0) is 18.8 Å². The molecule has 0 spiro atoms. The highest BCUT2D eigenvalue weighted by molar-refractivity contribution is 6.83. The quantitative estimate of drug-likeness (QED) is 0.346. The summed E-state index contributed by atoms with van der Waals surface area (Å²) in [5.74, 6) is 4.11. The highest BCUT2D eigenvalue weighted by atomic mass is 28.3. The van der Waals surface area contributed by atoms with Gasteiger partial charge >= 0.3 is 0 Å². The molecule has 1 unspecified atom stereocenters. The van der Waals surface area contributed by atoms with Crippen LogP contribution < -0.4 is 0 Å². The van der Waals surface area contributed by atoms with Gasteiger partial charge in [0.1, 0.15) is 8.07 Å². The standard InChI is InChI=1S/C11H18Si/c1-10-9-11(10)7-5-6-8-12(2,3)4/h11H,1,5,7,9H2,2-4H3. The Hall–Kier alpha value is -0.483. The zero-order valence-corrected chi connectivity index (χ0v) is 9.41. The van der Waals surface area contributed by atoms with Crippen molar-refractivity contribution in [3.8, 4) is 11.5 Å². The second-order valence-electron chi connectivity index (χ2n) is 4.65. The van der Waals surface area contributed by atoms with Crippen LogP contribution in [0.5, 0.6) is 0 Å². The average molecular weight is 178 g/mol. The van der Waals surface area contributed by atoms with Gasteiger partial charge in [0.2, 0.25) is 0 Å². The van der Waals surface area contributed by atoms with E-state index in [1.54, 1.807) is 0 Å². The molecule has 0 amide bonds. The molecule has 1 heteroatoms. The smallest absolute Gasteiger partial charge is 0.129 e. The SMILES string of the molecule is C=C1CC1CCC#C[Si](C)(C)C. The molecule has 0 bridgehead atoms. The maximum Gasteiger partial charge on any atom is 0.129 e. The molecule has 0 aromatic carbocycles. The third-order valence-corrected chi connectivity index (χ3v) is 2.93. The molecule has 1 saturated carbocycles. The van der Waals surface area contributed by atoms with E-state index in [0.717, 1.165) is 12.3 Å². The van der Waals surface area contributed by atoms with E-state index in [0.29, 0.717) is 0 Å². The Morgan fingerprint density at radius 1 is 1.50 bits per heavy atom. The topological polar surface area (TPSA) is 0 Å². The first-order valence-corrected chi connectivity index (χ1v) is 8.17. The van der Waals surface area contributed by atoms with Crippen molar-refractivity contribution >= 4 is 8.07 Å². The number of hydrogen-bond donors (Lipinski definition) is 0. The van der Waals surface area contributed by atoms with Crippen molar-refractivity contribution in [2.24, 2.45) is 5.92 Å². The van der Waals surface area contributed by atoms with E-state index in [1.807, 2.05) is 0 Å². The molecular formula is C11H18Si. The summed E-state index contributed by atoms with van der Waals surface area (Å²) in [6, 6.07) is 0. The van der Waals surface area contributed by atoms with Gasteiger partial charge in [0.15, 0.2) is 0 Å². The predicted octanol–water partition coefficient (Wildman–Crippen LogP) is 3.22. The van der Waals surface area contributed by atoms with Crippen LogP contribution >= 0.6 is 0 Å². The summed E-state index contributed by atoms with van der Waals surface area (Å²) >= 11 is 0. The fourth-order valence-corrected chi connectivity index (χ4v) is 1.79. The van der Waals surface area contributed by atoms with Crippen LogP contribution in [-0.4, -0.2) is 8.07 Å². The monoisotopic (exact) mass is 178 g/mol. The van der Waals surface area contributed by atoms with Crippen LogP contribution in [0, 0.1) is 17.4 Å². The van der Waals surface area contributed by atoms with Crippen LogP contribution in [0.3, 0.4) is 0 Å². The molecule has 66 valence electrons. The third-order valence-electron chi connectivity index (χ3n) is 2.01. The Kier molecular flexibility index (Phi) is 2.79. The summed E-state index contributed by atoms with van der Waals surface area (Å²) < 4.78 is 0. The van der Waals surface area contributed by atoms with Crippen molar-refractivity contribution in [1.82, 2.24) is 0 Å². The summed E-state index contributed by atoms with van der Waals surface area (Å²) in [5.41, 5.74) is 4.81. The van der Waals surface area contributed by atoms with Crippen LogP contribution in [0.1, 0.15) is 19.3 Å². The molecule has 12 heavy (non-hydrogen) atoms. The number of allylic oxidation sites excluding steroid dienone is 1. The fraction of sp³-hybridized carbons (Fsp3) is 0.636. The maximum absolute atomic E-state index is 3.94. The lowest BCUT2D eigenvalue weighted by atomic mass is 10.2. The van der Waals surface area contributed by atoms with Crippen LogP contribution in [0.4, 0.5) is 0 Å². The van der Waals surface area contributed by atoms with E-state index in [-0.39, 0.29) is 0 Å². The molecule has 1 aliphatic carbocycles. The normalized spacial score (nSPS) is 21.6. The molecule has 1 aliphatic rings. The fourth-order valence-electron chi connectivity index (χ4n) is 1.14. The van der Waals surface area contributed by atoms with Crippen molar-refractivity contribution in [3.63, 3.8) is 0 Å². The minimum atomic E-state index is -1.11. The van der Waals surface area contributed by atoms with Gasteiger partial charge in [-0.15, -0.1) is 11.5 Å². The summed E-state index contributed by atoms with van der Waals surface area (Å²) in [5, 5.41) is 0. The van der Waals surface area contributed by atoms with E-state index in [2.05, 4.69) is 37.7 Å². The van der Waals surface area contributed by atoms with Crippen molar-refractivity contribution < 1.29 is 0 Å². The largest absolute Gasteiger partial charge is 0.132 e. The molecule has 0 aliphatic heterocycles. The molecule has 0 saturated heterocycles. The second-order valence-corrected chi connectivity index (χ2v) is 9.40. The lowest BCUT2D eigenvalue weighted by molar-refractivity contribution is 0.776. The maximum atomic E-state index is 3.94. The molecule has 1 fully saturated rings. The first-order valence-electron chi connectivity index (χ1n) is 4.67. The van der Waals surface area contributed by atoms with Crippen LogP contribution in [0.2, 0.25) is 19.6 Å². The zero-order valence-electron chi connectivity index (χ0n) is 8.41. The summed E-state index contributed by atoms with van der Waals surface area (Å²) in [6.07, 6.45) is 3.58. The molecule has 0 N–H and O–H groups in total. The Morgan fingerprint density at radius 2 is 2.08 bits per heavy atom. The van der Waals surface area contributed by atoms with Gasteiger partial charge < -0.3 is 0 Å². The Balaban J connectivity index is 2.16. The highest BCUT2D eigenvalue weighted by Gasteiger charge is 2.25. The van der Waals surface area contributed by atoms with Gasteiger partial charge in [-0.25, -0.2) is 0 Å². The lowest BCUT2D eigenvalue weighted by Crippen LogP contribution is -2.16. The Labute approximate surface area is 77.1 Å². The molecule has 0 aromatic rings. The van der Waals surface area contributed by atoms with E-state index in [4.69, 9.17) is 0 Å². The van der Waals surface area contributed by atoms with Crippen LogP contribution in [-0.2, 0) is 0 Å². The number of hydrogen-bond acceptors (Lipinski definition) is 0. The van der Waals surface area contributed by atoms with Gasteiger partial charge in [-0.2, -0.15) is 0 Å². The van der Waals surface area contributed by atoms with E-state index >= 15 is 0 Å². The van der Waals surface area contributed by atoms with Crippen LogP contribution in [0.15, 0.2) is 12.2 Å². The second kappa shape index (κ2) is 3.49. The minimum absolute atomic E-state index is 0.820. The van der Waals surface area contributed by atoms with E-state index in [1.165, 1.54) is 18.4 Å². The summed E-state index contributed by atoms with van der Waals surface area (Å²) in [7, 11) is -1.11. The average Bonchev–Trinajstić information content (AvgIpc) is 2.57. The van der Waals surface area contributed by atoms with Crippen molar-refractivity contribution in [2.75, 3.05) is 0 Å². The van der Waals surface area contributed by atoms with Gasteiger partial charge in [0.05, 0.1) is 0 Å². The number of rotatable bonds is 2. The molecule has 0 radical (unpaired) electrons. The minimum Gasteiger partial charge on any atom is -0.132 e. The van der Waals surface area contributed by atoms with Crippen molar-refractivity contribution in [3.05, 3.63) is 12.2 Å². The molecule has 1 atom stereocenters. The Bertz CT molecular complexity index is 234. The first kappa shape index (κ1) is 9.60. The lowest BCUT2D eigenvalue weighted by Gasteiger charge is -2.02. The van der Waals surface area contributed by atoms with Gasteiger partial charge in [0.25, 0.3) is 0 Å². The molecule has 0 heterocycles. The van der Waals surface area contributed by atoms with Crippen LogP contribution in [0.25, 0.3) is 0 Å². The zero-order chi connectivity index (χ0) is 9.19.